The summed E-state index contributed by atoms with van der Waals surface area (Å²) >= 11 is 0. The third-order valence-electron chi connectivity index (χ3n) is 0.412. The molecule has 3 N–H and O–H groups in total. The number of aliphatic hydroxyl groups is 1. The lowest BCUT2D eigenvalue weighted by atomic mass is 10.4. The van der Waals surface area contributed by atoms with E-state index in [0.29, 0.717) is 0 Å². The van der Waals surface area contributed by atoms with Gasteiger partial charge < -0.3 is 10.8 Å². The molecule has 0 aromatic heterocycles. The number of amides is 1. The van der Waals surface area contributed by atoms with E-state index in [4.69, 9.17) is 5.11 Å². The second-order valence-electron chi connectivity index (χ2n) is 1.08. The summed E-state index contributed by atoms with van der Waals surface area (Å²) in [5.74, 6) is -0.685. The molecule has 1 atom stereocenters. The van der Waals surface area contributed by atoms with Gasteiger partial charge in [0.05, 0.1) is 0 Å². The molecule has 0 saturated heterocycles. The van der Waals surface area contributed by atoms with Crippen LogP contribution in [0.4, 0.5) is 0 Å². The summed E-state index contributed by atoms with van der Waals surface area (Å²) in [6.07, 6.45) is -1.01. The first-order valence-corrected chi connectivity index (χ1v) is 1.62. The molecule has 0 aliphatic carbocycles. The van der Waals surface area contributed by atoms with E-state index >= 15 is 0 Å². The van der Waals surface area contributed by atoms with Crippen molar-refractivity contribution in [2.75, 3.05) is 0 Å². The lowest BCUT2D eigenvalue weighted by Crippen LogP contribution is -2.24. The van der Waals surface area contributed by atoms with Crippen molar-refractivity contribution in [3.8, 4) is 0 Å². The molecule has 0 radical (unpaired) electrons. The summed E-state index contributed by atoms with van der Waals surface area (Å²) in [5, 5.41) is 8.16. The fraction of sp³-hybridized carbons (Fsp3) is 0.667. The minimum atomic E-state index is -1.01. The molecular weight excluding hydrogens is 117 g/mol. The zero-order valence-electron chi connectivity index (χ0n) is 3.92. The van der Waals surface area contributed by atoms with Gasteiger partial charge in [0.25, 0.3) is 0 Å². The molecule has 44 valence electrons. The van der Waals surface area contributed by atoms with E-state index in [0.717, 1.165) is 0 Å². The lowest BCUT2D eigenvalue weighted by molar-refractivity contribution is -0.125. The van der Waals surface area contributed by atoms with Crippen LogP contribution in [0.1, 0.15) is 6.92 Å². The standard InChI is InChI=1S/C3H7NO2.ClH/c1-2(5)3(4)6;/h2,5H,1H3,(H2,4,6);1H. The number of primary amides is 1. The van der Waals surface area contributed by atoms with Crippen LogP contribution in [0.5, 0.6) is 0 Å². The van der Waals surface area contributed by atoms with Gasteiger partial charge in [-0.2, -0.15) is 0 Å². The Hall–Kier alpha value is -0.280. The van der Waals surface area contributed by atoms with E-state index in [1.54, 1.807) is 0 Å². The molecular formula is C3H8ClNO2. The van der Waals surface area contributed by atoms with Crippen molar-refractivity contribution in [2.24, 2.45) is 5.73 Å². The van der Waals surface area contributed by atoms with Crippen molar-refractivity contribution in [1.82, 2.24) is 0 Å². The number of hydrogen-bond donors (Lipinski definition) is 2. The fourth-order valence-corrected chi connectivity index (χ4v) is 0. The molecule has 1 amide bonds. The molecule has 0 saturated carbocycles. The molecule has 0 aromatic carbocycles. The van der Waals surface area contributed by atoms with E-state index in [2.05, 4.69) is 5.73 Å². The van der Waals surface area contributed by atoms with Gasteiger partial charge in [-0.15, -0.1) is 12.4 Å². The number of aliphatic hydroxyl groups excluding tert-OH is 1. The maximum absolute atomic E-state index is 9.67. The molecule has 0 fully saturated rings. The van der Waals surface area contributed by atoms with E-state index in [1.807, 2.05) is 0 Å². The van der Waals surface area contributed by atoms with Crippen molar-refractivity contribution in [2.45, 2.75) is 13.0 Å². The predicted molar refractivity (Wildman–Crippen MR) is 28.1 cm³/mol. The molecule has 0 aliphatic rings. The second kappa shape index (κ2) is 3.89. The highest BCUT2D eigenvalue weighted by molar-refractivity contribution is 5.85. The molecule has 0 rings (SSSR count). The number of halogens is 1. The molecule has 0 aromatic rings. The summed E-state index contributed by atoms with van der Waals surface area (Å²) < 4.78 is 0. The third kappa shape index (κ3) is 5.72. The highest BCUT2D eigenvalue weighted by atomic mass is 35.5. The average Bonchev–Trinajstić information content (AvgIpc) is 1.36. The minimum Gasteiger partial charge on any atom is -0.384 e. The van der Waals surface area contributed by atoms with Gasteiger partial charge in [0.1, 0.15) is 6.10 Å². The molecule has 3 nitrogen and oxygen atoms in total. The van der Waals surface area contributed by atoms with Crippen molar-refractivity contribution in [1.29, 1.82) is 0 Å². The summed E-state index contributed by atoms with van der Waals surface area (Å²) in [7, 11) is 0. The SMILES string of the molecule is CC(O)C(N)=O.Cl. The highest BCUT2D eigenvalue weighted by Crippen LogP contribution is 1.70. The van der Waals surface area contributed by atoms with Crippen LogP contribution in [0.3, 0.4) is 0 Å². The molecule has 1 unspecified atom stereocenters. The monoisotopic (exact) mass is 125 g/mol. The van der Waals surface area contributed by atoms with Crippen LogP contribution in [0.2, 0.25) is 0 Å². The Kier molecular flexibility index (Phi) is 5.49. The first-order chi connectivity index (χ1) is 2.64. The van der Waals surface area contributed by atoms with Crippen LogP contribution in [0, 0.1) is 0 Å². The van der Waals surface area contributed by atoms with Crippen LogP contribution < -0.4 is 5.73 Å². The molecule has 0 bridgehead atoms. The topological polar surface area (TPSA) is 63.3 Å². The Morgan fingerprint density at radius 2 is 2.00 bits per heavy atom. The molecule has 0 heterocycles. The highest BCUT2D eigenvalue weighted by Gasteiger charge is 1.98. The summed E-state index contributed by atoms with van der Waals surface area (Å²) in [6.45, 7) is 1.32. The maximum Gasteiger partial charge on any atom is 0.245 e. The van der Waals surface area contributed by atoms with Crippen LogP contribution in [-0.2, 0) is 4.79 Å². The Morgan fingerprint density at radius 1 is 1.86 bits per heavy atom. The van der Waals surface area contributed by atoms with Gasteiger partial charge in [0.15, 0.2) is 0 Å². The second-order valence-corrected chi connectivity index (χ2v) is 1.08. The number of carbonyl (C=O) groups excluding carboxylic acids is 1. The predicted octanol–water partition coefficient (Wildman–Crippen LogP) is -0.726. The largest absolute Gasteiger partial charge is 0.384 e. The van der Waals surface area contributed by atoms with Crippen molar-refractivity contribution in [3.05, 3.63) is 0 Å². The van der Waals surface area contributed by atoms with Crippen molar-refractivity contribution >= 4 is 18.3 Å². The zero-order chi connectivity index (χ0) is 5.15. The van der Waals surface area contributed by atoms with Gasteiger partial charge in [0.2, 0.25) is 5.91 Å². The maximum atomic E-state index is 9.67. The first kappa shape index (κ1) is 9.87. The Morgan fingerprint density at radius 3 is 2.00 bits per heavy atom. The van der Waals surface area contributed by atoms with Gasteiger partial charge in [-0.3, -0.25) is 4.79 Å². The number of nitrogens with two attached hydrogens (primary N) is 1. The zero-order valence-corrected chi connectivity index (χ0v) is 4.73. The molecule has 7 heavy (non-hydrogen) atoms. The van der Waals surface area contributed by atoms with Crippen molar-refractivity contribution in [3.63, 3.8) is 0 Å². The normalized spacial score (nSPS) is 11.7. The van der Waals surface area contributed by atoms with Crippen LogP contribution in [0.25, 0.3) is 0 Å². The first-order valence-electron chi connectivity index (χ1n) is 1.62. The van der Waals surface area contributed by atoms with Gasteiger partial charge >= 0.3 is 0 Å². The Labute approximate surface area is 47.9 Å². The van der Waals surface area contributed by atoms with E-state index in [-0.39, 0.29) is 12.4 Å². The van der Waals surface area contributed by atoms with Crippen LogP contribution in [-0.4, -0.2) is 17.1 Å². The molecule has 0 aliphatic heterocycles. The van der Waals surface area contributed by atoms with Gasteiger partial charge in [0, 0.05) is 0 Å². The Balaban J connectivity index is 0. The van der Waals surface area contributed by atoms with E-state index < -0.39 is 12.0 Å². The minimum absolute atomic E-state index is 0. The lowest BCUT2D eigenvalue weighted by Gasteiger charge is -1.90. The smallest absolute Gasteiger partial charge is 0.245 e. The summed E-state index contributed by atoms with van der Waals surface area (Å²) in [5.41, 5.74) is 4.55. The molecule has 4 heteroatoms. The fourth-order valence-electron chi connectivity index (χ4n) is 0. The third-order valence-corrected chi connectivity index (χ3v) is 0.412. The summed E-state index contributed by atoms with van der Waals surface area (Å²) in [4.78, 5) is 9.67. The molecule has 0 spiro atoms. The quantitative estimate of drug-likeness (QED) is 0.486. The van der Waals surface area contributed by atoms with Crippen LogP contribution >= 0.6 is 12.4 Å². The van der Waals surface area contributed by atoms with E-state index in [1.165, 1.54) is 6.92 Å². The summed E-state index contributed by atoms with van der Waals surface area (Å²) in [6, 6.07) is 0. The average molecular weight is 126 g/mol. The number of hydrogen-bond acceptors (Lipinski definition) is 2. The van der Waals surface area contributed by atoms with Crippen molar-refractivity contribution < 1.29 is 9.90 Å². The van der Waals surface area contributed by atoms with Gasteiger partial charge in [-0.1, -0.05) is 0 Å². The number of rotatable bonds is 1. The van der Waals surface area contributed by atoms with E-state index in [9.17, 15) is 4.79 Å². The van der Waals surface area contributed by atoms with Crippen LogP contribution in [0.15, 0.2) is 0 Å². The number of carbonyl (C=O) groups is 1. The van der Waals surface area contributed by atoms with Gasteiger partial charge in [-0.05, 0) is 6.92 Å². The van der Waals surface area contributed by atoms with Gasteiger partial charge in [-0.25, -0.2) is 0 Å². The Bertz CT molecular complexity index is 64.0.